The summed E-state index contributed by atoms with van der Waals surface area (Å²) >= 11 is 2.37. The number of halogens is 1. The molecule has 64 valence electrons. The Morgan fingerprint density at radius 1 is 1.09 bits per heavy atom. The van der Waals surface area contributed by atoms with Gasteiger partial charge in [-0.2, -0.15) is 0 Å². The zero-order chi connectivity index (χ0) is 9.50. The van der Waals surface area contributed by atoms with E-state index in [9.17, 15) is 0 Å². The van der Waals surface area contributed by atoms with Crippen LogP contribution in [0.2, 0.25) is 5.31 Å². The van der Waals surface area contributed by atoms with Crippen LogP contribution in [0.3, 0.4) is 0 Å². The molecule has 0 amide bonds. The van der Waals surface area contributed by atoms with Gasteiger partial charge in [-0.25, -0.2) is 0 Å². The molecule has 0 aromatic heterocycles. The first-order chi connectivity index (χ1) is 4.50. The van der Waals surface area contributed by atoms with Gasteiger partial charge in [-0.15, -0.1) is 27.7 Å². The van der Waals surface area contributed by atoms with E-state index in [-0.39, 0.29) is 13.4 Å². The molecular formula is C6H15BIP3. The summed E-state index contributed by atoms with van der Waals surface area (Å²) in [6.07, 6.45) is 0. The van der Waals surface area contributed by atoms with Gasteiger partial charge in [-0.1, -0.05) is 48.7 Å². The van der Waals surface area contributed by atoms with Crippen molar-refractivity contribution in [3.8, 4) is 0 Å². The van der Waals surface area contributed by atoms with Crippen LogP contribution in [-0.2, 0) is 0 Å². The Kier molecular flexibility index (Phi) is 4.38. The van der Waals surface area contributed by atoms with Crippen molar-refractivity contribution in [1.82, 2.24) is 0 Å². The fourth-order valence-electron chi connectivity index (χ4n) is 0.494. The van der Waals surface area contributed by atoms with Gasteiger partial charge in [0.15, 0.2) is 0 Å². The van der Waals surface area contributed by atoms with Crippen LogP contribution >= 0.6 is 50.3 Å². The second kappa shape index (κ2) is 3.68. The molecule has 0 rings (SSSR count). The summed E-state index contributed by atoms with van der Waals surface area (Å²) in [6.45, 7) is 6.23. The van der Waals surface area contributed by atoms with E-state index in [1.165, 1.54) is 0 Å². The molecule has 0 nitrogen and oxygen atoms in total. The zero-order valence-corrected chi connectivity index (χ0v) is 12.8. The molecule has 0 aliphatic carbocycles. The average Bonchev–Trinajstić information content (AvgIpc) is 1.58. The molecule has 0 aromatic rings. The summed E-state index contributed by atoms with van der Waals surface area (Å²) < 4.78 is 0.0215. The highest BCUT2D eigenvalue weighted by Crippen LogP contribution is 2.59. The second-order valence-electron chi connectivity index (χ2n) is 3.69. The van der Waals surface area contributed by atoms with Crippen molar-refractivity contribution in [2.75, 3.05) is 0 Å². The predicted octanol–water partition coefficient (Wildman–Crippen LogP) is 2.83. The Balaban J connectivity index is 4.75. The third kappa shape index (κ3) is 3.05. The van der Waals surface area contributed by atoms with Crippen molar-refractivity contribution in [3.63, 3.8) is 0 Å². The summed E-state index contributed by atoms with van der Waals surface area (Å²) in [4.78, 5) is 0. The third-order valence-electron chi connectivity index (χ3n) is 2.13. The maximum atomic E-state index is 6.05. The first-order valence-electron chi connectivity index (χ1n) is 3.34. The number of hydrogen-bond acceptors (Lipinski definition) is 0. The van der Waals surface area contributed by atoms with E-state index in [0.717, 1.165) is 0 Å². The van der Waals surface area contributed by atoms with Crippen molar-refractivity contribution < 1.29 is 0 Å². The molecule has 0 spiro atoms. The smallest absolute Gasteiger partial charge is 0.0751 e. The van der Waals surface area contributed by atoms with E-state index in [1.54, 1.807) is 0 Å². The highest BCUT2D eigenvalue weighted by Gasteiger charge is 2.43. The summed E-state index contributed by atoms with van der Waals surface area (Å²) in [6, 6.07) is 0. The minimum Gasteiger partial charge on any atom is -0.129 e. The Bertz CT molecular complexity index is 129. The maximum absolute atomic E-state index is 6.05. The Morgan fingerprint density at radius 2 is 1.36 bits per heavy atom. The summed E-state index contributed by atoms with van der Waals surface area (Å²) in [5.41, 5.74) is 0. The SMILES string of the molecule is [B]C(C)(C)C(C)(P)C(P)(P)I. The lowest BCUT2D eigenvalue weighted by molar-refractivity contribution is 0.513. The Morgan fingerprint density at radius 3 is 1.36 bits per heavy atom. The molecule has 0 aliphatic heterocycles. The zero-order valence-electron chi connectivity index (χ0n) is 7.19. The van der Waals surface area contributed by atoms with Crippen molar-refractivity contribution >= 4 is 58.2 Å². The highest BCUT2D eigenvalue weighted by atomic mass is 127. The molecule has 0 heterocycles. The fraction of sp³-hybridized carbons (Fsp3) is 1.00. The number of alkyl halides is 1. The molecule has 5 heteroatoms. The molecule has 0 saturated heterocycles. The molecule has 0 fully saturated rings. The Hall–Kier alpha value is 2.08. The van der Waals surface area contributed by atoms with E-state index in [2.05, 4.69) is 57.2 Å². The molecule has 4 atom stereocenters. The standard InChI is InChI=1S/C6H15BIP3/c1-4(2,7)5(3,9)6(8,10)11/h9-11H2,1-3H3. The van der Waals surface area contributed by atoms with Gasteiger partial charge in [-0.05, 0) is 0 Å². The lowest BCUT2D eigenvalue weighted by atomic mass is 9.64. The van der Waals surface area contributed by atoms with Crippen molar-refractivity contribution in [2.24, 2.45) is 0 Å². The van der Waals surface area contributed by atoms with E-state index in [4.69, 9.17) is 7.85 Å². The predicted molar refractivity (Wildman–Crippen MR) is 74.1 cm³/mol. The van der Waals surface area contributed by atoms with E-state index < -0.39 is 0 Å². The molecule has 0 aromatic carbocycles. The third-order valence-corrected chi connectivity index (χ3v) is 6.93. The minimum atomic E-state index is -0.206. The monoisotopic (exact) mass is 318 g/mol. The van der Waals surface area contributed by atoms with Gasteiger partial charge in [0.05, 0.1) is 10.8 Å². The first-order valence-corrected chi connectivity index (χ1v) is 6.15. The Labute approximate surface area is 92.0 Å². The molecule has 0 aliphatic rings. The quantitative estimate of drug-likeness (QED) is 0.318. The van der Waals surface area contributed by atoms with Gasteiger partial charge in [0.25, 0.3) is 0 Å². The van der Waals surface area contributed by atoms with Crippen molar-refractivity contribution in [2.45, 2.75) is 34.1 Å². The highest BCUT2D eigenvalue weighted by molar-refractivity contribution is 14.1. The van der Waals surface area contributed by atoms with Gasteiger partial charge in [0, 0.05) is 5.16 Å². The number of hydrogen-bond donors (Lipinski definition) is 0. The van der Waals surface area contributed by atoms with E-state index in [1.807, 2.05) is 13.8 Å². The van der Waals surface area contributed by atoms with Crippen LogP contribution in [0.1, 0.15) is 20.8 Å². The lowest BCUT2D eigenvalue weighted by Crippen LogP contribution is -2.41. The fourth-order valence-corrected chi connectivity index (χ4v) is 1.93. The molecule has 4 unspecified atom stereocenters. The van der Waals surface area contributed by atoms with Crippen LogP contribution in [0.15, 0.2) is 0 Å². The van der Waals surface area contributed by atoms with Crippen molar-refractivity contribution in [3.05, 3.63) is 0 Å². The van der Waals surface area contributed by atoms with Crippen molar-refractivity contribution in [1.29, 1.82) is 0 Å². The van der Waals surface area contributed by atoms with Crippen LogP contribution in [0, 0.1) is 0 Å². The first kappa shape index (κ1) is 13.1. The van der Waals surface area contributed by atoms with Gasteiger partial charge in [0.1, 0.15) is 0 Å². The lowest BCUT2D eigenvalue weighted by Gasteiger charge is -2.47. The van der Waals surface area contributed by atoms with E-state index >= 15 is 0 Å². The van der Waals surface area contributed by atoms with Gasteiger partial charge in [-0.3, -0.25) is 0 Å². The van der Waals surface area contributed by atoms with Crippen LogP contribution in [0.5, 0.6) is 0 Å². The molecule has 0 bridgehead atoms. The van der Waals surface area contributed by atoms with E-state index in [0.29, 0.717) is 0 Å². The summed E-state index contributed by atoms with van der Waals surface area (Å²) in [5.74, 6) is 0. The van der Waals surface area contributed by atoms with Crippen LogP contribution in [-0.4, -0.2) is 15.9 Å². The molecular weight excluding hydrogens is 303 g/mol. The largest absolute Gasteiger partial charge is 0.129 e. The molecule has 11 heavy (non-hydrogen) atoms. The topological polar surface area (TPSA) is 0 Å². The van der Waals surface area contributed by atoms with Gasteiger partial charge in [0.2, 0.25) is 0 Å². The van der Waals surface area contributed by atoms with Gasteiger partial charge < -0.3 is 0 Å². The molecule has 2 radical (unpaired) electrons. The van der Waals surface area contributed by atoms with Crippen LogP contribution < -0.4 is 0 Å². The summed E-state index contributed by atoms with van der Waals surface area (Å²) in [7, 11) is 14.5. The number of rotatable bonds is 2. The van der Waals surface area contributed by atoms with Gasteiger partial charge >= 0.3 is 0 Å². The maximum Gasteiger partial charge on any atom is 0.0751 e. The van der Waals surface area contributed by atoms with Crippen LogP contribution in [0.4, 0.5) is 0 Å². The minimum absolute atomic E-state index is 0.0180. The molecule has 0 N–H and O–H groups in total. The molecule has 0 saturated carbocycles. The normalized spacial score (nSPS) is 19.5. The average molecular weight is 318 g/mol. The van der Waals surface area contributed by atoms with Crippen LogP contribution in [0.25, 0.3) is 0 Å². The second-order valence-corrected chi connectivity index (χ2v) is 11.5. The summed E-state index contributed by atoms with van der Waals surface area (Å²) in [5, 5.41) is -0.224.